The smallest absolute Gasteiger partial charge is 0.504 e. The predicted octanol–water partition coefficient (Wildman–Crippen LogP) is -1.68. The maximum Gasteiger partial charge on any atom is 0.510 e. The molecule has 15 N–H and O–H groups in total. The first kappa shape index (κ1) is 64.2. The molecule has 87 heavy (non-hydrogen) atoms. The number of carboxylic acid groups (broad SMARTS) is 1. The third kappa shape index (κ3) is 15.1. The zero-order chi connectivity index (χ0) is 63.1. The Morgan fingerprint density at radius 3 is 1.56 bits per heavy atom. The van der Waals surface area contributed by atoms with Gasteiger partial charge in [0.15, 0.2) is 57.5 Å². The molecule has 4 heterocycles. The van der Waals surface area contributed by atoms with Crippen molar-refractivity contribution in [3.05, 3.63) is 100 Å². The molecule has 0 spiro atoms. The van der Waals surface area contributed by atoms with Gasteiger partial charge in [-0.15, -0.1) is 0 Å². The molecule has 0 bridgehead atoms. The van der Waals surface area contributed by atoms with Crippen molar-refractivity contribution in [3.63, 3.8) is 0 Å². The molecule has 4 aliphatic heterocycles. The van der Waals surface area contributed by atoms with E-state index < -0.39 is 188 Å². The summed E-state index contributed by atoms with van der Waals surface area (Å²) in [5.74, 6) is -9.53. The summed E-state index contributed by atoms with van der Waals surface area (Å²) in [5.41, 5.74) is -0.851. The standard InChI is InChI=1S/C56H58O31/c1-76-32-11-22(3-7-27(32)57)5-9-40(63)78-19-36-44(67)47(70)50(73)54(85-36)81-25-15-29(59)26-17-35(84-56-52(75)49(72)46(69)38(87-56)21-80-42(65)18-39(61)62)53(82-31(26)16-25)24-13-30(60)43(66)34(14-24)83-55-51(74)48(71)45(68)37(86-55)20-79-41(64)10-6-23-4-8-28(58)33(12-23)77-2/h3-17,36-38,44-52,54-58,60,66-75H,18-21H2,1-2H3,(H,61,62)/p+1/t36-,37-,38-,44-,45-,46-,47+,48+,49+,50-,51-,52-,54-,55-,56-/m1/s1. The molecule has 31 heteroatoms. The largest absolute Gasteiger partial charge is 0.510 e. The highest BCUT2D eigenvalue weighted by Gasteiger charge is 2.49. The molecular formula is C56H59O31+. The molecule has 8 rings (SSSR count). The van der Waals surface area contributed by atoms with Crippen molar-refractivity contribution in [2.75, 3.05) is 34.0 Å². The van der Waals surface area contributed by atoms with Gasteiger partial charge in [-0.25, -0.2) is 4.79 Å². The summed E-state index contributed by atoms with van der Waals surface area (Å²) in [5, 5.41) is 149. The Morgan fingerprint density at radius 1 is 0.540 bits per heavy atom. The first-order chi connectivity index (χ1) is 41.3. The van der Waals surface area contributed by atoms with E-state index in [0.29, 0.717) is 11.1 Å². The molecule has 5 aliphatic rings. The number of rotatable bonds is 21. The Kier molecular flexibility index (Phi) is 20.4. The van der Waals surface area contributed by atoms with Crippen LogP contribution in [0, 0.1) is 0 Å². The van der Waals surface area contributed by atoms with E-state index in [0.717, 1.165) is 42.5 Å². The number of benzene rings is 4. The van der Waals surface area contributed by atoms with Crippen LogP contribution in [-0.4, -0.2) is 226 Å². The molecule has 0 saturated carbocycles. The minimum atomic E-state index is -2.17. The highest BCUT2D eigenvalue weighted by Crippen LogP contribution is 2.46. The van der Waals surface area contributed by atoms with Crippen molar-refractivity contribution in [2.24, 2.45) is 0 Å². The Balaban J connectivity index is 1.08. The summed E-state index contributed by atoms with van der Waals surface area (Å²) in [7, 11) is 2.65. The van der Waals surface area contributed by atoms with E-state index in [4.69, 9.17) is 61.6 Å². The highest BCUT2D eigenvalue weighted by molar-refractivity contribution is 5.90. The fourth-order valence-corrected chi connectivity index (χ4v) is 8.88. The van der Waals surface area contributed by atoms with E-state index in [2.05, 4.69) is 0 Å². The summed E-state index contributed by atoms with van der Waals surface area (Å²) in [6.45, 7) is -2.33. The van der Waals surface area contributed by atoms with Crippen LogP contribution < -0.4 is 29.1 Å². The quantitative estimate of drug-likeness (QED) is 0.00974. The van der Waals surface area contributed by atoms with E-state index in [1.165, 1.54) is 62.8 Å². The van der Waals surface area contributed by atoms with Gasteiger partial charge in [-0.2, -0.15) is 0 Å². The predicted molar refractivity (Wildman–Crippen MR) is 287 cm³/mol. The van der Waals surface area contributed by atoms with Crippen LogP contribution in [0.4, 0.5) is 0 Å². The second-order valence-corrected chi connectivity index (χ2v) is 19.6. The molecule has 15 atom stereocenters. The van der Waals surface area contributed by atoms with Gasteiger partial charge >= 0.3 is 23.9 Å². The number of methoxy groups -OCH3 is 2. The van der Waals surface area contributed by atoms with Crippen molar-refractivity contribution in [2.45, 2.75) is 98.5 Å². The van der Waals surface area contributed by atoms with Crippen LogP contribution in [0.1, 0.15) is 17.5 Å². The molecule has 468 valence electrons. The van der Waals surface area contributed by atoms with Gasteiger partial charge in [-0.3, -0.25) is 14.4 Å². The number of esters is 3. The van der Waals surface area contributed by atoms with Crippen molar-refractivity contribution in [1.82, 2.24) is 0 Å². The number of aromatic hydroxyl groups is 4. The van der Waals surface area contributed by atoms with E-state index in [9.17, 15) is 90.4 Å². The number of hydrogen-bond acceptors (Lipinski definition) is 29. The molecule has 0 amide bonds. The van der Waals surface area contributed by atoms with Gasteiger partial charge in [0.2, 0.25) is 31.2 Å². The number of aliphatic hydroxyl groups is 9. The fraction of sp³-hybridized carbons (Fsp3) is 0.375. The number of phenols is 4. The van der Waals surface area contributed by atoms with Crippen LogP contribution in [0.2, 0.25) is 0 Å². The third-order valence-corrected chi connectivity index (χ3v) is 13.6. The molecule has 31 nitrogen and oxygen atoms in total. The Bertz CT molecular complexity index is 3380. The molecule has 3 aromatic carbocycles. The molecule has 1 aliphatic carbocycles. The highest BCUT2D eigenvalue weighted by atomic mass is 16.7. The topological polar surface area (TPSA) is 488 Å². The lowest BCUT2D eigenvalue weighted by Crippen LogP contribution is -2.60. The Morgan fingerprint density at radius 2 is 1.03 bits per heavy atom. The van der Waals surface area contributed by atoms with Crippen molar-refractivity contribution >= 4 is 36.0 Å². The minimum absolute atomic E-state index is 0.104. The average molecular weight is 1230 g/mol. The second-order valence-electron chi connectivity index (χ2n) is 19.6. The van der Waals surface area contributed by atoms with Crippen LogP contribution >= 0.6 is 0 Å². The van der Waals surface area contributed by atoms with Crippen LogP contribution in [-0.2, 0) is 42.8 Å². The van der Waals surface area contributed by atoms with Gasteiger partial charge < -0.3 is 133 Å². The number of aliphatic hydroxyl groups excluding tert-OH is 9. The van der Waals surface area contributed by atoms with Crippen molar-refractivity contribution in [3.8, 4) is 74.4 Å². The second kappa shape index (κ2) is 27.7. The molecule has 0 radical (unpaired) electrons. The summed E-state index contributed by atoms with van der Waals surface area (Å²) in [6, 6.07) is 13.1. The molecule has 0 aromatic heterocycles. The lowest BCUT2D eigenvalue weighted by Gasteiger charge is -2.40. The molecule has 3 saturated heterocycles. The average Bonchev–Trinajstić information content (AvgIpc) is 3.51. The monoisotopic (exact) mass is 1230 g/mol. The van der Waals surface area contributed by atoms with Gasteiger partial charge in [0.1, 0.15) is 98.3 Å². The summed E-state index contributed by atoms with van der Waals surface area (Å²) in [4.78, 5) is 60.3. The lowest BCUT2D eigenvalue weighted by atomic mass is 9.99. The molecule has 3 aromatic rings. The van der Waals surface area contributed by atoms with Crippen molar-refractivity contribution < 1.29 is 147 Å². The van der Waals surface area contributed by atoms with E-state index in [-0.39, 0.29) is 34.1 Å². The summed E-state index contributed by atoms with van der Waals surface area (Å²) in [6.07, 6.45) is -25.5. The van der Waals surface area contributed by atoms with E-state index in [1.54, 1.807) is 0 Å². The number of aliphatic carboxylic acids is 1. The number of phenolic OH excluding ortho intramolecular Hbond substituents is 4. The minimum Gasteiger partial charge on any atom is -0.504 e. The van der Waals surface area contributed by atoms with E-state index >= 15 is 0 Å². The third-order valence-electron chi connectivity index (χ3n) is 13.6. The normalized spacial score (nSPS) is 27.3. The number of fused-ring (bicyclic) bond motifs is 1. The van der Waals surface area contributed by atoms with Gasteiger partial charge in [-0.05, 0) is 65.7 Å². The maximum atomic E-state index is 14.0. The zero-order valence-electron chi connectivity index (χ0n) is 45.4. The molecule has 0 unspecified atom stereocenters. The SMILES string of the molecule is COc1cc(C=CC(=O)OC[C@H]2O[C@@H](Oc3cc(-c4oc5cc(O[C@@H]6O[C@H](COC(=[OH+])C=Cc7ccc(O)c(OC)c7)[C@@H](O)[C@H](O)[C@H]6O)cc(=O)c-5cc4O[C@@H]4O[C@H](COC(=O)CC(=O)O)[C@@H](O)[C@H](O)[C@H]4O)cc(O)c3O)[C@H](O)[C@@H](O)[C@@H]2O)ccc1O. The Labute approximate surface area is 489 Å². The Hall–Kier alpha value is -8.83. The van der Waals surface area contributed by atoms with Gasteiger partial charge in [0.25, 0.3) is 0 Å². The first-order valence-electron chi connectivity index (χ1n) is 25.9. The number of carbonyl (C=O) groups excluding carboxylic acids is 3. The zero-order valence-corrected chi connectivity index (χ0v) is 45.4. The van der Waals surface area contributed by atoms with Crippen LogP contribution in [0.15, 0.2) is 88.1 Å². The van der Waals surface area contributed by atoms with Crippen LogP contribution in [0.25, 0.3) is 34.8 Å². The first-order valence-corrected chi connectivity index (χ1v) is 25.9. The molecular weight excluding hydrogens is 1170 g/mol. The van der Waals surface area contributed by atoms with Crippen LogP contribution in [0.5, 0.6) is 51.7 Å². The number of carbonyl (C=O) groups is 3. The van der Waals surface area contributed by atoms with E-state index in [1.807, 2.05) is 0 Å². The number of ether oxygens (including phenoxy) is 11. The number of carboxylic acids is 1. The van der Waals surface area contributed by atoms with Crippen molar-refractivity contribution in [1.29, 1.82) is 0 Å². The van der Waals surface area contributed by atoms with Crippen LogP contribution in [0.3, 0.4) is 0 Å². The maximum absolute atomic E-state index is 14.0. The molecule has 3 fully saturated rings. The fourth-order valence-electron chi connectivity index (χ4n) is 8.88. The lowest BCUT2D eigenvalue weighted by molar-refractivity contribution is -0.278. The summed E-state index contributed by atoms with van der Waals surface area (Å²) >= 11 is 0. The number of hydrogen-bond donors (Lipinski definition) is 14. The van der Waals surface area contributed by atoms with Gasteiger partial charge in [0, 0.05) is 23.8 Å². The summed E-state index contributed by atoms with van der Waals surface area (Å²) < 4.78 is 66.3. The van der Waals surface area contributed by atoms with Gasteiger partial charge in [-0.1, -0.05) is 12.1 Å². The van der Waals surface area contributed by atoms with Gasteiger partial charge in [0.05, 0.1) is 25.9 Å².